The zero-order valence-electron chi connectivity index (χ0n) is 20.0. The maximum atomic E-state index is 14.8. The van der Waals surface area contributed by atoms with Crippen LogP contribution in [0.25, 0.3) is 10.4 Å². The molecule has 0 aliphatic carbocycles. The van der Waals surface area contributed by atoms with Gasteiger partial charge in [-0.15, -0.1) is 11.3 Å². The molecular weight excluding hydrogens is 476 g/mol. The van der Waals surface area contributed by atoms with Crippen LogP contribution in [0.5, 0.6) is 0 Å². The number of aromatic nitrogens is 1. The van der Waals surface area contributed by atoms with Gasteiger partial charge in [-0.05, 0) is 62.6 Å². The summed E-state index contributed by atoms with van der Waals surface area (Å²) >= 11 is 0.964. The molecule has 0 aliphatic rings. The summed E-state index contributed by atoms with van der Waals surface area (Å²) in [5.74, 6) is -2.05. The summed E-state index contributed by atoms with van der Waals surface area (Å²) in [7, 11) is 0. The molecule has 5 N–H and O–H groups in total. The van der Waals surface area contributed by atoms with Crippen LogP contribution < -0.4 is 11.1 Å². The fourth-order valence-electron chi connectivity index (χ4n) is 3.39. The van der Waals surface area contributed by atoms with Crippen molar-refractivity contribution < 1.29 is 28.5 Å². The number of nitrogens with zero attached hydrogens (tertiary/aromatic N) is 1. The number of hydrogen-bond acceptors (Lipinski definition) is 7. The molecule has 0 aliphatic heterocycles. The minimum atomic E-state index is -0.979. The lowest BCUT2D eigenvalue weighted by Crippen LogP contribution is -2.25. The van der Waals surface area contributed by atoms with E-state index in [9.17, 15) is 23.8 Å². The Balaban J connectivity index is 1.88. The predicted molar refractivity (Wildman–Crippen MR) is 132 cm³/mol. The monoisotopic (exact) mass is 505 g/mol. The predicted octanol–water partition coefficient (Wildman–Crippen LogP) is 4.97. The number of anilines is 2. The number of carbonyl (C=O) groups is 1. The van der Waals surface area contributed by atoms with Crippen LogP contribution in [-0.4, -0.2) is 33.3 Å². The van der Waals surface area contributed by atoms with Crippen LogP contribution in [-0.2, 0) is 11.3 Å². The van der Waals surface area contributed by atoms with E-state index in [4.69, 9.17) is 10.5 Å². The van der Waals surface area contributed by atoms with Crippen molar-refractivity contribution in [3.8, 4) is 10.4 Å². The van der Waals surface area contributed by atoms with E-state index in [-0.39, 0.29) is 34.8 Å². The maximum Gasteiger partial charge on any atom is 0.251 e. The molecule has 0 saturated heterocycles. The topological polar surface area (TPSA) is 118 Å². The Morgan fingerprint density at radius 1 is 1.26 bits per heavy atom. The number of nitrogens with one attached hydrogen (secondary N) is 1. The van der Waals surface area contributed by atoms with Gasteiger partial charge in [0.1, 0.15) is 22.5 Å². The Morgan fingerprint density at radius 2 is 1.91 bits per heavy atom. The maximum absolute atomic E-state index is 14.8. The molecule has 35 heavy (non-hydrogen) atoms. The van der Waals surface area contributed by atoms with Gasteiger partial charge in [-0.1, -0.05) is 13.0 Å². The summed E-state index contributed by atoms with van der Waals surface area (Å²) in [5.41, 5.74) is 5.96. The van der Waals surface area contributed by atoms with Crippen LogP contribution in [0.4, 0.5) is 19.6 Å². The number of halogens is 2. The zero-order chi connectivity index (χ0) is 25.9. The number of hydrogen-bond donors (Lipinski definition) is 4. The molecule has 1 aromatic carbocycles. The lowest BCUT2D eigenvalue weighted by molar-refractivity contribution is -0.0270. The standard InChI is InChI=1S/C25H29F2N3O4S/c1-5-19(31)15-8-17(26)22(18(27)9-15)20-10-16(23(28)32)24(35-20)30-21-7-6-14(13(2)29-21)11-34-12-25(3,4)33/h6-10,19,31,33H,5,11-12H2,1-4H3,(H2,28,32)(H,29,30). The minimum absolute atomic E-state index is 0.0681. The van der Waals surface area contributed by atoms with Crippen LogP contribution in [0.3, 0.4) is 0 Å². The average molecular weight is 506 g/mol. The van der Waals surface area contributed by atoms with E-state index in [0.29, 0.717) is 22.9 Å². The van der Waals surface area contributed by atoms with Gasteiger partial charge < -0.3 is 26.0 Å². The van der Waals surface area contributed by atoms with Crippen LogP contribution in [0, 0.1) is 18.6 Å². The largest absolute Gasteiger partial charge is 0.388 e. The van der Waals surface area contributed by atoms with Gasteiger partial charge in [-0.25, -0.2) is 13.8 Å². The first kappa shape index (κ1) is 26.7. The van der Waals surface area contributed by atoms with E-state index < -0.39 is 29.2 Å². The number of carbonyl (C=O) groups excluding carboxylic acids is 1. The fraction of sp³-hybridized carbons (Fsp3) is 0.360. The van der Waals surface area contributed by atoms with Crippen molar-refractivity contribution in [2.45, 2.75) is 52.4 Å². The Hall–Kier alpha value is -2.92. The van der Waals surface area contributed by atoms with Crippen LogP contribution >= 0.6 is 11.3 Å². The first-order chi connectivity index (χ1) is 16.4. The van der Waals surface area contributed by atoms with E-state index in [1.165, 1.54) is 6.07 Å². The van der Waals surface area contributed by atoms with Gasteiger partial charge in [0, 0.05) is 10.6 Å². The quantitative estimate of drug-likeness (QED) is 0.309. The fourth-order valence-corrected chi connectivity index (χ4v) is 4.50. The van der Waals surface area contributed by atoms with Crippen LogP contribution in [0.1, 0.15) is 60.5 Å². The van der Waals surface area contributed by atoms with Crippen molar-refractivity contribution in [3.05, 3.63) is 64.4 Å². The first-order valence-electron chi connectivity index (χ1n) is 11.0. The van der Waals surface area contributed by atoms with E-state index in [1.54, 1.807) is 39.8 Å². The summed E-state index contributed by atoms with van der Waals surface area (Å²) in [4.78, 5) is 16.7. The highest BCUT2D eigenvalue weighted by molar-refractivity contribution is 7.20. The number of aryl methyl sites for hydroxylation is 1. The van der Waals surface area contributed by atoms with E-state index in [2.05, 4.69) is 10.3 Å². The molecule has 7 nitrogen and oxygen atoms in total. The molecule has 10 heteroatoms. The van der Waals surface area contributed by atoms with Gasteiger partial charge in [-0.3, -0.25) is 4.79 Å². The molecule has 2 heterocycles. The number of pyridine rings is 1. The van der Waals surface area contributed by atoms with Gasteiger partial charge in [-0.2, -0.15) is 0 Å². The highest BCUT2D eigenvalue weighted by atomic mass is 32.1. The summed E-state index contributed by atoms with van der Waals surface area (Å²) in [5, 5.41) is 23.0. The van der Waals surface area contributed by atoms with Crippen molar-refractivity contribution in [1.82, 2.24) is 4.98 Å². The van der Waals surface area contributed by atoms with Gasteiger partial charge in [0.25, 0.3) is 5.91 Å². The van der Waals surface area contributed by atoms with Crippen LogP contribution in [0.2, 0.25) is 0 Å². The number of benzene rings is 1. The summed E-state index contributed by atoms with van der Waals surface area (Å²) in [6.45, 7) is 7.22. The minimum Gasteiger partial charge on any atom is -0.388 e. The molecule has 3 rings (SSSR count). The van der Waals surface area contributed by atoms with Crippen molar-refractivity contribution in [2.75, 3.05) is 11.9 Å². The second-order valence-corrected chi connectivity index (χ2v) is 9.92. The van der Waals surface area contributed by atoms with Crippen LogP contribution in [0.15, 0.2) is 30.3 Å². The third-order valence-corrected chi connectivity index (χ3v) is 6.30. The summed E-state index contributed by atoms with van der Waals surface area (Å²) in [6.07, 6.45) is -0.666. The Labute approximate surface area is 206 Å². The second-order valence-electron chi connectivity index (χ2n) is 8.87. The Morgan fingerprint density at radius 3 is 2.46 bits per heavy atom. The van der Waals surface area contributed by atoms with E-state index >= 15 is 0 Å². The third-order valence-electron chi connectivity index (χ3n) is 5.23. The molecule has 188 valence electrons. The summed E-state index contributed by atoms with van der Waals surface area (Å²) in [6, 6.07) is 6.99. The molecule has 0 radical (unpaired) electrons. The number of ether oxygens (including phenoxy) is 1. The number of aliphatic hydroxyl groups is 2. The van der Waals surface area contributed by atoms with Gasteiger partial charge >= 0.3 is 0 Å². The number of thiophene rings is 1. The molecule has 0 spiro atoms. The number of nitrogens with two attached hydrogens (primary N) is 1. The summed E-state index contributed by atoms with van der Waals surface area (Å²) < 4.78 is 35.2. The lowest BCUT2D eigenvalue weighted by Gasteiger charge is -2.17. The highest BCUT2D eigenvalue weighted by Gasteiger charge is 2.22. The number of rotatable bonds is 10. The Kier molecular flexibility index (Phi) is 8.22. The van der Waals surface area contributed by atoms with E-state index in [1.807, 2.05) is 0 Å². The molecule has 0 bridgehead atoms. The normalized spacial score (nSPS) is 12.6. The van der Waals surface area contributed by atoms with Crippen molar-refractivity contribution in [1.29, 1.82) is 0 Å². The molecule has 3 aromatic rings. The highest BCUT2D eigenvalue weighted by Crippen LogP contribution is 2.40. The Bertz CT molecular complexity index is 1200. The second kappa shape index (κ2) is 10.8. The van der Waals surface area contributed by atoms with Crippen molar-refractivity contribution in [3.63, 3.8) is 0 Å². The lowest BCUT2D eigenvalue weighted by atomic mass is 10.0. The van der Waals surface area contributed by atoms with E-state index in [0.717, 1.165) is 29.0 Å². The first-order valence-corrected chi connectivity index (χ1v) is 11.9. The number of primary amides is 1. The number of amides is 1. The third kappa shape index (κ3) is 6.61. The SMILES string of the molecule is CCC(O)c1cc(F)c(-c2cc(C(N)=O)c(Nc3ccc(COCC(C)(C)O)c(C)n3)s2)c(F)c1. The zero-order valence-corrected chi connectivity index (χ0v) is 20.8. The molecule has 1 unspecified atom stereocenters. The molecular formula is C25H29F2N3O4S. The molecule has 1 amide bonds. The molecule has 1 atom stereocenters. The van der Waals surface area contributed by atoms with Crippen molar-refractivity contribution >= 4 is 28.1 Å². The van der Waals surface area contributed by atoms with Gasteiger partial charge in [0.15, 0.2) is 0 Å². The molecule has 2 aromatic heterocycles. The van der Waals surface area contributed by atoms with Crippen molar-refractivity contribution in [2.24, 2.45) is 5.73 Å². The number of aliphatic hydroxyl groups excluding tert-OH is 1. The molecule has 0 fully saturated rings. The smallest absolute Gasteiger partial charge is 0.251 e. The van der Waals surface area contributed by atoms with Gasteiger partial charge in [0.2, 0.25) is 0 Å². The van der Waals surface area contributed by atoms with Gasteiger partial charge in [0.05, 0.1) is 36.0 Å². The molecule has 0 saturated carbocycles. The average Bonchev–Trinajstić information content (AvgIpc) is 3.16.